The van der Waals surface area contributed by atoms with E-state index in [0.29, 0.717) is 5.88 Å². The molecule has 6 heteroatoms. The van der Waals surface area contributed by atoms with Gasteiger partial charge in [-0.05, 0) is 37.3 Å². The van der Waals surface area contributed by atoms with Crippen LogP contribution >= 0.6 is 11.3 Å². The lowest BCUT2D eigenvalue weighted by molar-refractivity contribution is 0.383. The minimum atomic E-state index is -0.175. The third-order valence-corrected chi connectivity index (χ3v) is 5.18. The first-order chi connectivity index (χ1) is 10.3. The van der Waals surface area contributed by atoms with Crippen LogP contribution in [0.4, 0.5) is 0 Å². The molecule has 0 spiro atoms. The third-order valence-electron chi connectivity index (χ3n) is 3.87. The number of hydrogen-bond acceptors (Lipinski definition) is 6. The quantitative estimate of drug-likeness (QED) is 0.515. The maximum Gasteiger partial charge on any atom is 0.237 e. The number of methoxy groups -OCH3 is 1. The SMILES string of the molecule is COc1nccnc1C(NN)c1cc2c(s1)CCCCC2. The number of fused-ring (bicyclic) bond motifs is 1. The molecule has 5 nitrogen and oxygen atoms in total. The van der Waals surface area contributed by atoms with Crippen molar-refractivity contribution in [2.75, 3.05) is 7.11 Å². The van der Waals surface area contributed by atoms with E-state index >= 15 is 0 Å². The molecule has 3 N–H and O–H groups in total. The zero-order chi connectivity index (χ0) is 14.7. The van der Waals surface area contributed by atoms with Gasteiger partial charge in [0, 0.05) is 22.1 Å². The first kappa shape index (κ1) is 14.4. The molecule has 2 aromatic rings. The third kappa shape index (κ3) is 2.92. The molecule has 0 fully saturated rings. The van der Waals surface area contributed by atoms with Gasteiger partial charge < -0.3 is 4.74 Å². The summed E-state index contributed by atoms with van der Waals surface area (Å²) in [5.74, 6) is 6.30. The highest BCUT2D eigenvalue weighted by Gasteiger charge is 2.23. The van der Waals surface area contributed by atoms with Crippen molar-refractivity contribution >= 4 is 11.3 Å². The smallest absolute Gasteiger partial charge is 0.237 e. The Morgan fingerprint density at radius 3 is 2.86 bits per heavy atom. The summed E-state index contributed by atoms with van der Waals surface area (Å²) in [5, 5.41) is 0. The molecule has 21 heavy (non-hydrogen) atoms. The fourth-order valence-electron chi connectivity index (χ4n) is 2.82. The van der Waals surface area contributed by atoms with Crippen LogP contribution in [0.15, 0.2) is 18.5 Å². The van der Waals surface area contributed by atoms with Crippen LogP contribution < -0.4 is 16.0 Å². The van der Waals surface area contributed by atoms with Gasteiger partial charge in [-0.3, -0.25) is 10.8 Å². The Morgan fingerprint density at radius 1 is 1.24 bits per heavy atom. The average Bonchev–Trinajstić information content (AvgIpc) is 2.79. The van der Waals surface area contributed by atoms with Crippen LogP contribution in [0.3, 0.4) is 0 Å². The largest absolute Gasteiger partial charge is 0.480 e. The summed E-state index contributed by atoms with van der Waals surface area (Å²) in [7, 11) is 1.60. The Bertz CT molecular complexity index is 590. The summed E-state index contributed by atoms with van der Waals surface area (Å²) in [5.41, 5.74) is 5.07. The lowest BCUT2D eigenvalue weighted by atomic mass is 10.1. The minimum Gasteiger partial charge on any atom is -0.480 e. The van der Waals surface area contributed by atoms with Crippen LogP contribution in [0.1, 0.15) is 46.3 Å². The van der Waals surface area contributed by atoms with Crippen molar-refractivity contribution in [1.82, 2.24) is 15.4 Å². The standard InChI is InChI=1S/C15H20N4OS/c1-20-15-14(17-7-8-18-15)13(19-16)12-9-10-5-3-2-4-6-11(10)21-12/h7-9,13,19H,2-6,16H2,1H3. The van der Waals surface area contributed by atoms with E-state index in [2.05, 4.69) is 21.5 Å². The number of nitrogens with one attached hydrogen (secondary N) is 1. The second-order valence-electron chi connectivity index (χ2n) is 5.21. The van der Waals surface area contributed by atoms with Crippen molar-refractivity contribution in [3.8, 4) is 5.88 Å². The van der Waals surface area contributed by atoms with Gasteiger partial charge in [-0.25, -0.2) is 10.4 Å². The van der Waals surface area contributed by atoms with Gasteiger partial charge in [0.25, 0.3) is 0 Å². The monoisotopic (exact) mass is 304 g/mol. The molecule has 2 heterocycles. The van der Waals surface area contributed by atoms with E-state index in [1.807, 2.05) is 11.3 Å². The number of hydrazine groups is 1. The topological polar surface area (TPSA) is 73.1 Å². The molecule has 0 saturated heterocycles. The van der Waals surface area contributed by atoms with Crippen LogP contribution in [-0.2, 0) is 12.8 Å². The Labute approximate surface area is 128 Å². The second-order valence-corrected chi connectivity index (χ2v) is 6.38. The molecule has 1 atom stereocenters. The fourth-order valence-corrected chi connectivity index (χ4v) is 4.14. The molecule has 0 bridgehead atoms. The zero-order valence-electron chi connectivity index (χ0n) is 12.1. The Kier molecular flexibility index (Phi) is 4.48. The summed E-state index contributed by atoms with van der Waals surface area (Å²) < 4.78 is 5.31. The summed E-state index contributed by atoms with van der Waals surface area (Å²) in [6.45, 7) is 0. The van der Waals surface area contributed by atoms with E-state index in [1.54, 1.807) is 19.5 Å². The minimum absolute atomic E-state index is 0.175. The summed E-state index contributed by atoms with van der Waals surface area (Å²) in [6, 6.07) is 2.09. The highest BCUT2D eigenvalue weighted by Crippen LogP contribution is 2.35. The summed E-state index contributed by atoms with van der Waals surface area (Å²) >= 11 is 1.83. The molecule has 0 aliphatic heterocycles. The molecule has 0 aromatic carbocycles. The van der Waals surface area contributed by atoms with Gasteiger partial charge in [0.1, 0.15) is 11.7 Å². The highest BCUT2D eigenvalue weighted by molar-refractivity contribution is 7.12. The Hall–Kier alpha value is -1.50. The Balaban J connectivity index is 1.96. The van der Waals surface area contributed by atoms with Crippen LogP contribution in [-0.4, -0.2) is 17.1 Å². The van der Waals surface area contributed by atoms with Crippen LogP contribution in [0, 0.1) is 0 Å². The number of thiophene rings is 1. The molecular formula is C15H20N4OS. The fraction of sp³-hybridized carbons (Fsp3) is 0.467. The summed E-state index contributed by atoms with van der Waals surface area (Å²) in [4.78, 5) is 11.3. The lowest BCUT2D eigenvalue weighted by Gasteiger charge is -2.15. The lowest BCUT2D eigenvalue weighted by Crippen LogP contribution is -2.29. The predicted octanol–water partition coefficient (Wildman–Crippen LogP) is 2.37. The molecule has 3 rings (SSSR count). The van der Waals surface area contributed by atoms with Gasteiger partial charge in [-0.1, -0.05) is 6.42 Å². The number of hydrogen-bond donors (Lipinski definition) is 2. The van der Waals surface area contributed by atoms with E-state index in [1.165, 1.54) is 47.4 Å². The molecule has 0 amide bonds. The maximum atomic E-state index is 5.78. The van der Waals surface area contributed by atoms with Crippen molar-refractivity contribution < 1.29 is 4.74 Å². The van der Waals surface area contributed by atoms with E-state index in [-0.39, 0.29) is 6.04 Å². The molecular weight excluding hydrogens is 284 g/mol. The number of nitrogens with two attached hydrogens (primary N) is 1. The van der Waals surface area contributed by atoms with Crippen molar-refractivity contribution in [2.24, 2.45) is 5.84 Å². The molecule has 1 unspecified atom stereocenters. The highest BCUT2D eigenvalue weighted by atomic mass is 32.1. The molecule has 1 aliphatic rings. The van der Waals surface area contributed by atoms with Gasteiger partial charge in [-0.15, -0.1) is 11.3 Å². The number of aryl methyl sites for hydroxylation is 2. The van der Waals surface area contributed by atoms with E-state index in [9.17, 15) is 0 Å². The van der Waals surface area contributed by atoms with E-state index in [0.717, 1.165) is 5.69 Å². The van der Waals surface area contributed by atoms with Crippen LogP contribution in [0.5, 0.6) is 5.88 Å². The zero-order valence-corrected chi connectivity index (χ0v) is 12.9. The van der Waals surface area contributed by atoms with Gasteiger partial charge in [0.2, 0.25) is 5.88 Å². The van der Waals surface area contributed by atoms with Gasteiger partial charge in [0.15, 0.2) is 0 Å². The van der Waals surface area contributed by atoms with Gasteiger partial charge in [0.05, 0.1) is 7.11 Å². The van der Waals surface area contributed by atoms with Gasteiger partial charge in [-0.2, -0.15) is 0 Å². The van der Waals surface area contributed by atoms with E-state index in [4.69, 9.17) is 10.6 Å². The van der Waals surface area contributed by atoms with Gasteiger partial charge >= 0.3 is 0 Å². The van der Waals surface area contributed by atoms with E-state index < -0.39 is 0 Å². The first-order valence-electron chi connectivity index (χ1n) is 7.26. The summed E-state index contributed by atoms with van der Waals surface area (Å²) in [6.07, 6.45) is 9.52. The molecule has 1 aliphatic carbocycles. The number of nitrogens with zero attached hydrogens (tertiary/aromatic N) is 2. The molecule has 2 aromatic heterocycles. The average molecular weight is 304 g/mol. The molecule has 112 valence electrons. The second kappa shape index (κ2) is 6.51. The van der Waals surface area contributed by atoms with Crippen molar-refractivity contribution in [2.45, 2.75) is 38.1 Å². The Morgan fingerprint density at radius 2 is 2.05 bits per heavy atom. The normalized spacial score (nSPS) is 16.1. The van der Waals surface area contributed by atoms with Crippen molar-refractivity contribution in [3.63, 3.8) is 0 Å². The van der Waals surface area contributed by atoms with Crippen LogP contribution in [0.25, 0.3) is 0 Å². The van der Waals surface area contributed by atoms with Crippen LogP contribution in [0.2, 0.25) is 0 Å². The van der Waals surface area contributed by atoms with Crippen molar-refractivity contribution in [1.29, 1.82) is 0 Å². The number of aromatic nitrogens is 2. The predicted molar refractivity (Wildman–Crippen MR) is 83.3 cm³/mol. The van der Waals surface area contributed by atoms with Crippen molar-refractivity contribution in [3.05, 3.63) is 39.5 Å². The molecule has 0 radical (unpaired) electrons. The molecule has 0 saturated carbocycles. The first-order valence-corrected chi connectivity index (χ1v) is 8.07. The number of rotatable bonds is 4. The number of ether oxygens (including phenoxy) is 1. The maximum absolute atomic E-state index is 5.78.